The Hall–Kier alpha value is -2.81. The van der Waals surface area contributed by atoms with E-state index in [4.69, 9.17) is 13.8 Å². The maximum absolute atomic E-state index is 11.9. The average Bonchev–Trinajstić information content (AvgIpc) is 3.25. The highest BCUT2D eigenvalue weighted by Gasteiger charge is 2.14. The van der Waals surface area contributed by atoms with E-state index in [9.17, 15) is 4.79 Å². The van der Waals surface area contributed by atoms with E-state index in [2.05, 4.69) is 20.6 Å². The molecular weight excluding hydrogens is 356 g/mol. The van der Waals surface area contributed by atoms with Crippen LogP contribution in [0.2, 0.25) is 0 Å². The lowest BCUT2D eigenvalue weighted by Gasteiger charge is -2.05. The highest BCUT2D eigenvalue weighted by Crippen LogP contribution is 2.28. The highest BCUT2D eigenvalue weighted by molar-refractivity contribution is 7.99. The lowest BCUT2D eigenvalue weighted by Crippen LogP contribution is -2.14. The number of nitrogens with zero attached hydrogens (tertiary/aromatic N) is 3. The molecule has 1 amide bonds. The maximum Gasteiger partial charge on any atom is 0.236 e. The third-order valence-corrected chi connectivity index (χ3v) is 4.17. The van der Waals surface area contributed by atoms with Crippen LogP contribution in [0, 0.1) is 6.92 Å². The smallest absolute Gasteiger partial charge is 0.236 e. The minimum atomic E-state index is -0.176. The van der Waals surface area contributed by atoms with Crippen molar-refractivity contribution in [3.8, 4) is 17.1 Å². The minimum absolute atomic E-state index is 0.176. The van der Waals surface area contributed by atoms with Gasteiger partial charge in [-0.05, 0) is 26.0 Å². The van der Waals surface area contributed by atoms with Crippen molar-refractivity contribution in [2.45, 2.75) is 19.6 Å². The lowest BCUT2D eigenvalue weighted by molar-refractivity contribution is -0.113. The number of aryl methyl sites for hydroxylation is 1. The zero-order valence-electron chi connectivity index (χ0n) is 14.4. The molecule has 1 N–H and O–H groups in total. The molecule has 0 aliphatic rings. The first-order chi connectivity index (χ1) is 12.7. The van der Waals surface area contributed by atoms with Crippen molar-refractivity contribution >= 4 is 23.5 Å². The molecule has 3 aromatic rings. The summed E-state index contributed by atoms with van der Waals surface area (Å²) in [5, 5.41) is 10.4. The van der Waals surface area contributed by atoms with Crippen molar-refractivity contribution in [1.29, 1.82) is 0 Å². The van der Waals surface area contributed by atoms with Gasteiger partial charge in [0.15, 0.2) is 5.82 Å². The maximum atomic E-state index is 11.9. The number of anilines is 1. The number of para-hydroxylation sites is 1. The fourth-order valence-electron chi connectivity index (χ4n) is 2.19. The Balaban J connectivity index is 1.53. The number of thioether (sulfide) groups is 1. The normalized spacial score (nSPS) is 10.7. The Bertz CT molecular complexity index is 877. The number of nitrogens with one attached hydrogen (secondary N) is 1. The van der Waals surface area contributed by atoms with Crippen molar-refractivity contribution < 1.29 is 18.6 Å². The SMILES string of the molecule is CCOc1ccccc1-c1noc(CSCC(=O)Nc2cc(C)on2)n1. The molecule has 136 valence electrons. The van der Waals surface area contributed by atoms with Crippen LogP contribution in [-0.2, 0) is 10.5 Å². The molecule has 0 saturated heterocycles. The van der Waals surface area contributed by atoms with Crippen molar-refractivity contribution in [1.82, 2.24) is 15.3 Å². The molecule has 8 nitrogen and oxygen atoms in total. The standard InChI is InChI=1S/C17H18N4O4S/c1-3-23-13-7-5-4-6-12(13)17-19-16(25-21-17)10-26-9-15(22)18-14-8-11(2)24-20-14/h4-8H,3,9-10H2,1-2H3,(H,18,20,22). The summed E-state index contributed by atoms with van der Waals surface area (Å²) in [6, 6.07) is 9.17. The van der Waals surface area contributed by atoms with Gasteiger partial charge in [-0.3, -0.25) is 4.79 Å². The number of benzene rings is 1. The number of ether oxygens (including phenoxy) is 1. The minimum Gasteiger partial charge on any atom is -0.493 e. The molecule has 2 heterocycles. The van der Waals surface area contributed by atoms with Crippen molar-refractivity contribution in [2.75, 3.05) is 17.7 Å². The molecule has 0 bridgehead atoms. The third-order valence-electron chi connectivity index (χ3n) is 3.25. The summed E-state index contributed by atoms with van der Waals surface area (Å²) in [5.41, 5.74) is 0.772. The van der Waals surface area contributed by atoms with E-state index in [1.807, 2.05) is 31.2 Å². The Morgan fingerprint density at radius 2 is 2.12 bits per heavy atom. The molecule has 0 unspecified atom stereocenters. The first-order valence-electron chi connectivity index (χ1n) is 8.01. The van der Waals surface area contributed by atoms with E-state index in [1.54, 1.807) is 13.0 Å². The molecular formula is C17H18N4O4S. The molecule has 9 heteroatoms. The lowest BCUT2D eigenvalue weighted by atomic mass is 10.2. The summed E-state index contributed by atoms with van der Waals surface area (Å²) in [7, 11) is 0. The average molecular weight is 374 g/mol. The fraction of sp³-hybridized carbons (Fsp3) is 0.294. The van der Waals surface area contributed by atoms with E-state index in [0.717, 1.165) is 5.56 Å². The number of rotatable bonds is 8. The summed E-state index contributed by atoms with van der Waals surface area (Å²) in [6.45, 7) is 4.23. The molecule has 0 atom stereocenters. The number of carbonyl (C=O) groups excluding carboxylic acids is 1. The molecule has 0 saturated carbocycles. The van der Waals surface area contributed by atoms with Crippen LogP contribution in [0.5, 0.6) is 5.75 Å². The molecule has 26 heavy (non-hydrogen) atoms. The van der Waals surface area contributed by atoms with Crippen LogP contribution in [0.4, 0.5) is 5.82 Å². The predicted octanol–water partition coefficient (Wildman–Crippen LogP) is 3.30. The zero-order valence-corrected chi connectivity index (χ0v) is 15.2. The van der Waals surface area contributed by atoms with Crippen LogP contribution >= 0.6 is 11.8 Å². The number of amides is 1. The first kappa shape index (κ1) is 18.0. The van der Waals surface area contributed by atoms with Gasteiger partial charge in [0.1, 0.15) is 11.5 Å². The van der Waals surface area contributed by atoms with Crippen LogP contribution in [0.15, 0.2) is 39.4 Å². The molecule has 0 spiro atoms. The Labute approximate surface area is 154 Å². The number of hydrogen-bond acceptors (Lipinski definition) is 8. The molecule has 0 radical (unpaired) electrons. The van der Waals surface area contributed by atoms with Crippen LogP contribution in [0.3, 0.4) is 0 Å². The van der Waals surface area contributed by atoms with Gasteiger partial charge >= 0.3 is 0 Å². The fourth-order valence-corrected chi connectivity index (χ4v) is 2.84. The summed E-state index contributed by atoms with van der Waals surface area (Å²) in [4.78, 5) is 16.2. The van der Waals surface area contributed by atoms with E-state index in [0.29, 0.717) is 41.4 Å². The summed E-state index contributed by atoms with van der Waals surface area (Å²) in [5.74, 6) is 3.14. The van der Waals surface area contributed by atoms with E-state index >= 15 is 0 Å². The molecule has 0 fully saturated rings. The van der Waals surface area contributed by atoms with Crippen molar-refractivity contribution in [3.05, 3.63) is 42.0 Å². The summed E-state index contributed by atoms with van der Waals surface area (Å²) >= 11 is 1.37. The first-order valence-corrected chi connectivity index (χ1v) is 9.17. The zero-order chi connectivity index (χ0) is 18.4. The molecule has 1 aromatic carbocycles. The van der Waals surface area contributed by atoms with Gasteiger partial charge in [-0.15, -0.1) is 11.8 Å². The second-order valence-electron chi connectivity index (χ2n) is 5.30. The highest BCUT2D eigenvalue weighted by atomic mass is 32.2. The Morgan fingerprint density at radius 3 is 2.88 bits per heavy atom. The molecule has 0 aliphatic carbocycles. The molecule has 0 aliphatic heterocycles. The van der Waals surface area contributed by atoms with Gasteiger partial charge in [0, 0.05) is 6.07 Å². The van der Waals surface area contributed by atoms with E-state index in [-0.39, 0.29) is 11.7 Å². The van der Waals surface area contributed by atoms with Gasteiger partial charge < -0.3 is 19.1 Å². The van der Waals surface area contributed by atoms with Gasteiger partial charge in [0.05, 0.1) is 23.7 Å². The van der Waals surface area contributed by atoms with E-state index < -0.39 is 0 Å². The van der Waals surface area contributed by atoms with Gasteiger partial charge in [0.25, 0.3) is 0 Å². The van der Waals surface area contributed by atoms with Gasteiger partial charge in [-0.2, -0.15) is 4.98 Å². The van der Waals surface area contributed by atoms with Crippen LogP contribution in [0.1, 0.15) is 18.6 Å². The van der Waals surface area contributed by atoms with Crippen molar-refractivity contribution in [3.63, 3.8) is 0 Å². The summed E-state index contributed by atoms with van der Waals surface area (Å²) in [6.07, 6.45) is 0. The van der Waals surface area contributed by atoms with Gasteiger partial charge in [-0.1, -0.05) is 22.4 Å². The van der Waals surface area contributed by atoms with E-state index in [1.165, 1.54) is 11.8 Å². The van der Waals surface area contributed by atoms with Crippen LogP contribution in [0.25, 0.3) is 11.4 Å². The third kappa shape index (κ3) is 4.63. The molecule has 3 rings (SSSR count). The molecule has 2 aromatic heterocycles. The summed E-state index contributed by atoms with van der Waals surface area (Å²) < 4.78 is 15.7. The van der Waals surface area contributed by atoms with Crippen LogP contribution in [-0.4, -0.2) is 33.6 Å². The second-order valence-corrected chi connectivity index (χ2v) is 6.29. The Kier molecular flexibility index (Phi) is 5.90. The Morgan fingerprint density at radius 1 is 1.27 bits per heavy atom. The predicted molar refractivity (Wildman–Crippen MR) is 96.9 cm³/mol. The quantitative estimate of drug-likeness (QED) is 0.640. The van der Waals surface area contributed by atoms with Gasteiger partial charge in [0.2, 0.25) is 17.6 Å². The number of carbonyl (C=O) groups is 1. The largest absolute Gasteiger partial charge is 0.493 e. The van der Waals surface area contributed by atoms with Crippen LogP contribution < -0.4 is 10.1 Å². The monoisotopic (exact) mass is 374 g/mol. The van der Waals surface area contributed by atoms with Crippen molar-refractivity contribution in [2.24, 2.45) is 0 Å². The topological polar surface area (TPSA) is 103 Å². The number of hydrogen-bond donors (Lipinski definition) is 1. The number of aromatic nitrogens is 3. The second kappa shape index (κ2) is 8.52. The van der Waals surface area contributed by atoms with Gasteiger partial charge in [-0.25, -0.2) is 0 Å².